The van der Waals surface area contributed by atoms with Gasteiger partial charge in [-0.3, -0.25) is 10.1 Å². The summed E-state index contributed by atoms with van der Waals surface area (Å²) in [5, 5.41) is 42.7. The SMILES string of the molecule is [C-]#[N+]c1c(-c2cc(Br)cc([N+](=O)[O-])c2)c(C#N)c(-n2c3ccc(N(c4ccccc4)c4ccccc4)cc3c3cc(N(c4ccccc4)c4ccccc4)ccc32)c(C#N)c1-n1c2ccccc2c2cc(-n3c4ccccc4c4ccccc43)ccc21. The Bertz CT molecular complexity index is 5170. The van der Waals surface area contributed by atoms with Gasteiger partial charge in [0.25, 0.3) is 5.69 Å². The van der Waals surface area contributed by atoms with Crippen molar-refractivity contribution in [2.24, 2.45) is 0 Å². The van der Waals surface area contributed by atoms with Crippen molar-refractivity contribution in [2.75, 3.05) is 9.80 Å². The van der Waals surface area contributed by atoms with Gasteiger partial charge in [0.2, 0.25) is 5.69 Å². The second kappa shape index (κ2) is 21.0. The number of hydrogen-bond donors (Lipinski definition) is 0. The third-order valence-electron chi connectivity index (χ3n) is 16.4. The van der Waals surface area contributed by atoms with Crippen LogP contribution in [-0.2, 0) is 0 Å². The first kappa shape index (κ1) is 51.8. The lowest BCUT2D eigenvalue weighted by molar-refractivity contribution is -0.384. The molecule has 0 spiro atoms. The first-order valence-corrected chi connectivity index (χ1v) is 28.9. The lowest BCUT2D eigenvalue weighted by Gasteiger charge is -2.26. The Labute approximate surface area is 507 Å². The second-order valence-electron chi connectivity index (χ2n) is 21.1. The molecule has 0 saturated heterocycles. The quantitative estimate of drug-likeness (QED) is 0.0723. The van der Waals surface area contributed by atoms with Gasteiger partial charge in [-0.2, -0.15) is 10.5 Å². The Balaban J connectivity index is 1.08. The smallest absolute Gasteiger partial charge is 0.271 e. The van der Waals surface area contributed by atoms with Gasteiger partial charge in [0.15, 0.2) is 0 Å². The van der Waals surface area contributed by atoms with Gasteiger partial charge in [-0.25, -0.2) is 4.85 Å². The molecule has 0 radical (unpaired) electrons. The van der Waals surface area contributed by atoms with Crippen molar-refractivity contribution in [1.82, 2.24) is 13.7 Å². The number of para-hydroxylation sites is 7. The number of nitriles is 2. The molecule has 0 aliphatic heterocycles. The van der Waals surface area contributed by atoms with Crippen molar-refractivity contribution < 1.29 is 4.92 Å². The van der Waals surface area contributed by atoms with E-state index >= 15 is 0 Å². The van der Waals surface area contributed by atoms with Crippen LogP contribution in [0, 0.1) is 39.3 Å². The van der Waals surface area contributed by atoms with Gasteiger partial charge < -0.3 is 23.5 Å². The van der Waals surface area contributed by atoms with Crippen LogP contribution in [0.2, 0.25) is 0 Å². The minimum Gasteiger partial charge on any atom is -0.318 e. The summed E-state index contributed by atoms with van der Waals surface area (Å²) in [7, 11) is 0. The maximum atomic E-state index is 12.8. The molecule has 0 N–H and O–H groups in total. The van der Waals surface area contributed by atoms with Gasteiger partial charge in [0.05, 0.1) is 67.1 Å². The molecule has 11 nitrogen and oxygen atoms in total. The van der Waals surface area contributed by atoms with E-state index in [0.717, 1.165) is 83.2 Å². The van der Waals surface area contributed by atoms with Crippen molar-refractivity contribution in [3.63, 3.8) is 0 Å². The Hall–Kier alpha value is -12.0. The first-order valence-electron chi connectivity index (χ1n) is 28.1. The molecule has 0 unspecified atom stereocenters. The number of benzene rings is 12. The fraction of sp³-hybridized carbons (Fsp3) is 0. The van der Waals surface area contributed by atoms with Gasteiger partial charge in [0.1, 0.15) is 12.1 Å². The third kappa shape index (κ3) is 8.37. The van der Waals surface area contributed by atoms with E-state index in [-0.39, 0.29) is 45.0 Å². The van der Waals surface area contributed by atoms with Crippen molar-refractivity contribution in [1.29, 1.82) is 10.5 Å². The summed E-state index contributed by atoms with van der Waals surface area (Å²) in [6.45, 7) is 9.26. The number of fused-ring (bicyclic) bond motifs is 9. The maximum absolute atomic E-state index is 12.8. The lowest BCUT2D eigenvalue weighted by Crippen LogP contribution is -2.10. The van der Waals surface area contributed by atoms with Gasteiger partial charge in [0, 0.05) is 94.3 Å². The average molecular weight is 1180 g/mol. The molecule has 408 valence electrons. The van der Waals surface area contributed by atoms with Crippen molar-refractivity contribution in [2.45, 2.75) is 0 Å². The number of hydrogen-bond acceptors (Lipinski definition) is 6. The number of non-ortho nitro benzene ring substituents is 1. The number of aromatic nitrogens is 3. The highest BCUT2D eigenvalue weighted by molar-refractivity contribution is 9.10. The van der Waals surface area contributed by atoms with E-state index < -0.39 is 4.92 Å². The van der Waals surface area contributed by atoms with Crippen molar-refractivity contribution >= 4 is 127 Å². The summed E-state index contributed by atoms with van der Waals surface area (Å²) >= 11 is 3.56. The second-order valence-corrected chi connectivity index (χ2v) is 22.1. The zero-order valence-corrected chi connectivity index (χ0v) is 47.7. The van der Waals surface area contributed by atoms with E-state index in [1.165, 1.54) is 12.1 Å². The number of nitrogens with zero attached hydrogens (tertiary/aromatic N) is 9. The normalized spacial score (nSPS) is 11.3. The molecule has 15 rings (SSSR count). The molecule has 0 atom stereocenters. The Morgan fingerprint density at radius 3 is 1.25 bits per heavy atom. The van der Waals surface area contributed by atoms with Gasteiger partial charge >= 0.3 is 0 Å². The van der Waals surface area contributed by atoms with Crippen LogP contribution < -0.4 is 9.80 Å². The number of rotatable bonds is 11. The summed E-state index contributed by atoms with van der Waals surface area (Å²) in [5.74, 6) is 0. The lowest BCUT2D eigenvalue weighted by atomic mass is 9.91. The molecule has 0 saturated carbocycles. The summed E-state index contributed by atoms with van der Waals surface area (Å²) in [4.78, 5) is 21.0. The molecule has 87 heavy (non-hydrogen) atoms. The largest absolute Gasteiger partial charge is 0.318 e. The molecule has 0 amide bonds. The molecule has 3 heterocycles. The Morgan fingerprint density at radius 1 is 0.414 bits per heavy atom. The number of nitro groups is 1. The number of anilines is 6. The van der Waals surface area contributed by atoms with Crippen LogP contribution in [0.4, 0.5) is 45.5 Å². The van der Waals surface area contributed by atoms with E-state index in [2.05, 4.69) is 156 Å². The highest BCUT2D eigenvalue weighted by atomic mass is 79.9. The average Bonchev–Trinajstić information content (AvgIpc) is 1.66. The molecule has 0 bridgehead atoms. The zero-order valence-electron chi connectivity index (χ0n) is 46.1. The maximum Gasteiger partial charge on any atom is 0.271 e. The summed E-state index contributed by atoms with van der Waals surface area (Å²) in [6.07, 6.45) is 0. The highest BCUT2D eigenvalue weighted by Crippen LogP contribution is 2.51. The topological polar surface area (TPSA) is 116 Å². The molecular formula is C75H44BrN9O2. The van der Waals surface area contributed by atoms with Crippen LogP contribution in [-0.4, -0.2) is 18.6 Å². The predicted molar refractivity (Wildman–Crippen MR) is 354 cm³/mol. The number of halogens is 1. The van der Waals surface area contributed by atoms with Gasteiger partial charge in [-0.1, -0.05) is 143 Å². The third-order valence-corrected chi connectivity index (χ3v) is 16.8. The van der Waals surface area contributed by atoms with E-state index in [4.69, 9.17) is 0 Å². The first-order chi connectivity index (χ1) is 42.8. The molecule has 0 fully saturated rings. The molecule has 0 aliphatic rings. The summed E-state index contributed by atoms with van der Waals surface area (Å²) in [5.41, 5.74) is 11.7. The highest BCUT2D eigenvalue weighted by Gasteiger charge is 2.33. The van der Waals surface area contributed by atoms with Crippen molar-refractivity contribution in [3.05, 3.63) is 304 Å². The van der Waals surface area contributed by atoms with Crippen LogP contribution in [0.15, 0.2) is 271 Å². The van der Waals surface area contributed by atoms with E-state index in [9.17, 15) is 27.2 Å². The standard InChI is InChI=1S/C75H44BrN9O2/c1-79-73-72(48-40-49(76)42-57(41-48)85(86)87)64(46-77)74(65(47-78)75(73)84-68-33-19-16-30-60(68)61-45-56(36-39-69(61)84)82-66-31-17-14-28-58(66)59-29-15-18-32-67(59)82)83-70-37-34-54(80(50-20-6-2-7-21-50)51-22-8-3-9-23-51)43-62(70)63-44-55(35-38-71(63)83)81(52-24-10-4-11-25-52)53-26-12-5-13-27-53/h2-45H. The predicted octanol–water partition coefficient (Wildman–Crippen LogP) is 20.5. The fourth-order valence-electron chi connectivity index (χ4n) is 12.8. The van der Waals surface area contributed by atoms with Crippen LogP contribution in [0.3, 0.4) is 0 Å². The van der Waals surface area contributed by atoms with Crippen molar-refractivity contribution in [3.8, 4) is 40.3 Å². The minimum absolute atomic E-state index is 0.0135. The molecule has 12 aromatic carbocycles. The Kier molecular flexibility index (Phi) is 12.5. The summed E-state index contributed by atoms with van der Waals surface area (Å²) < 4.78 is 6.57. The van der Waals surface area contributed by atoms with E-state index in [1.54, 1.807) is 6.07 Å². The Morgan fingerprint density at radius 2 is 0.805 bits per heavy atom. The van der Waals surface area contributed by atoms with Crippen LogP contribution in [0.1, 0.15) is 11.1 Å². The van der Waals surface area contributed by atoms with E-state index in [0.29, 0.717) is 26.5 Å². The molecular weight excluding hydrogens is 1140 g/mol. The summed E-state index contributed by atoms with van der Waals surface area (Å²) in [6, 6.07) is 93.6. The zero-order chi connectivity index (χ0) is 58.9. The molecule has 12 heteroatoms. The molecule has 3 aromatic heterocycles. The molecule has 15 aromatic rings. The minimum atomic E-state index is -0.491. The molecule has 0 aliphatic carbocycles. The monoisotopic (exact) mass is 1180 g/mol. The van der Waals surface area contributed by atoms with Crippen LogP contribution in [0.5, 0.6) is 0 Å². The van der Waals surface area contributed by atoms with Crippen LogP contribution in [0.25, 0.3) is 98.5 Å². The number of nitro benzene ring substituents is 1. The van der Waals surface area contributed by atoms with Gasteiger partial charge in [-0.15, -0.1) is 0 Å². The van der Waals surface area contributed by atoms with Crippen LogP contribution >= 0.6 is 15.9 Å². The fourth-order valence-corrected chi connectivity index (χ4v) is 13.3. The van der Waals surface area contributed by atoms with E-state index in [1.807, 2.05) is 149 Å². The van der Waals surface area contributed by atoms with Gasteiger partial charge in [-0.05, 0) is 133 Å².